The zero-order valence-corrected chi connectivity index (χ0v) is 75.9. The Bertz CT molecular complexity index is 2780. The van der Waals surface area contributed by atoms with Crippen LogP contribution in [0, 0.1) is 58.7 Å². The van der Waals surface area contributed by atoms with Crippen molar-refractivity contribution in [2.24, 2.45) is 58.7 Å². The first-order chi connectivity index (χ1) is 56.1. The Morgan fingerprint density at radius 2 is 0.636 bits per heavy atom. The lowest BCUT2D eigenvalue weighted by molar-refractivity contribution is -0.255. The van der Waals surface area contributed by atoms with E-state index < -0.39 is 80.3 Å². The smallest absolute Gasteiger partial charge is 0.463 e. The first-order valence-corrected chi connectivity index (χ1v) is 48.0. The van der Waals surface area contributed by atoms with Gasteiger partial charge in [-0.15, -0.1) is 0 Å². The quantitative estimate of drug-likeness (QED) is 0.0143. The van der Waals surface area contributed by atoms with E-state index in [1.807, 2.05) is 13.8 Å². The van der Waals surface area contributed by atoms with Gasteiger partial charge in [-0.3, -0.25) is 55.4 Å². The van der Waals surface area contributed by atoms with Crippen molar-refractivity contribution in [3.63, 3.8) is 0 Å². The Hall–Kier alpha value is -2.20. The minimum atomic E-state index is -4.85. The average Bonchev–Trinajstić information content (AvgIpc) is 0.815. The minimum Gasteiger partial charge on any atom is -0.463 e. The summed E-state index contributed by atoms with van der Waals surface area (Å²) >= 11 is 0. The molecule has 41 heteroatoms. The number of phosphoric ester groups is 4. The molecule has 3 rings (SSSR count). The summed E-state index contributed by atoms with van der Waals surface area (Å²) in [6.45, 7) is 21.5. The molecule has 6 N–H and O–H groups in total. The first-order valence-electron chi connectivity index (χ1n) is 42.0. The van der Waals surface area contributed by atoms with Crippen LogP contribution in [0.5, 0.6) is 0 Å². The molecular weight excluding hydrogens is 1640 g/mol. The lowest BCUT2D eigenvalue weighted by Crippen LogP contribution is -2.58. The second kappa shape index (κ2) is 62.0. The highest BCUT2D eigenvalue weighted by molar-refractivity contribution is 7.48. The van der Waals surface area contributed by atoms with E-state index in [4.69, 9.17) is 107 Å². The highest BCUT2D eigenvalue weighted by atomic mass is 31.2. The van der Waals surface area contributed by atoms with E-state index in [1.54, 1.807) is 7.11 Å². The van der Waals surface area contributed by atoms with Crippen LogP contribution in [0.15, 0.2) is 0 Å². The van der Waals surface area contributed by atoms with Gasteiger partial charge in [0.1, 0.15) is 19.8 Å². The lowest BCUT2D eigenvalue weighted by Gasteiger charge is -2.44. The maximum atomic E-state index is 13.6. The van der Waals surface area contributed by atoms with E-state index in [9.17, 15) is 62.1 Å². The van der Waals surface area contributed by atoms with Crippen molar-refractivity contribution >= 4 is 55.1 Å². The molecule has 118 heavy (non-hydrogen) atoms. The van der Waals surface area contributed by atoms with Gasteiger partial charge in [0.15, 0.2) is 18.9 Å². The van der Waals surface area contributed by atoms with Gasteiger partial charge in [-0.25, -0.2) is 18.3 Å². The van der Waals surface area contributed by atoms with Crippen molar-refractivity contribution in [1.82, 2.24) is 5.32 Å². The SMILES string of the molecule is COCCCOCC(CO)COCCCOP(=O)(O)OCC(COCCCOP(=O)(O)OCCCCCCO[C@@H]1OC(COC(C)=O)[C@H](C)[C@H](C)C1C)(COCCCOP(=O)(O)OCCCCCCO[C@@H]1OC(COC(C)=O)[C@H](C)[C@H](C)C1C)COCCCOP(=O)(O)OCCCCCCO[C@@H]1OC(COC(C)=O)[C@H](C)[C@H](C)C1NC(C)=O. The van der Waals surface area contributed by atoms with Crippen LogP contribution >= 0.6 is 31.3 Å². The van der Waals surface area contributed by atoms with Crippen LogP contribution in [-0.4, -0.2) is 271 Å². The van der Waals surface area contributed by atoms with Gasteiger partial charge in [0, 0.05) is 112 Å². The number of nitrogens with one attached hydrogen (secondary N) is 1. The van der Waals surface area contributed by atoms with Gasteiger partial charge >= 0.3 is 49.2 Å². The van der Waals surface area contributed by atoms with E-state index >= 15 is 0 Å². The van der Waals surface area contributed by atoms with Crippen molar-refractivity contribution in [3.8, 4) is 0 Å². The molecule has 0 aromatic heterocycles. The highest BCUT2D eigenvalue weighted by Crippen LogP contribution is 2.48. The summed E-state index contributed by atoms with van der Waals surface area (Å²) < 4.78 is 182. The average molecular weight is 1790 g/mol. The number of ether oxygens (including phenoxy) is 15. The van der Waals surface area contributed by atoms with Crippen LogP contribution in [0.3, 0.4) is 0 Å². The normalized spacial score (nSPS) is 26.4. The number of hydrogen-bond acceptors (Lipinski definition) is 32. The van der Waals surface area contributed by atoms with Crippen molar-refractivity contribution in [3.05, 3.63) is 0 Å². The summed E-state index contributed by atoms with van der Waals surface area (Å²) in [6, 6.07) is -0.433. The largest absolute Gasteiger partial charge is 0.472 e. The number of methoxy groups -OCH3 is 1. The van der Waals surface area contributed by atoms with Gasteiger partial charge in [-0.1, -0.05) is 93.9 Å². The number of aliphatic hydroxyl groups is 1. The summed E-state index contributed by atoms with van der Waals surface area (Å²) in [6.07, 6.45) is 5.72. The number of esters is 3. The molecular formula is C77H147NO36P4. The molecule has 0 aliphatic carbocycles. The molecule has 3 saturated heterocycles. The Labute approximate surface area is 699 Å². The Morgan fingerprint density at radius 1 is 0.347 bits per heavy atom. The fraction of sp³-hybridized carbons (Fsp3) is 0.948. The van der Waals surface area contributed by atoms with Crippen molar-refractivity contribution in [1.29, 1.82) is 0 Å². The second-order valence-corrected chi connectivity index (χ2v) is 36.9. The van der Waals surface area contributed by atoms with E-state index in [0.717, 1.165) is 12.8 Å². The van der Waals surface area contributed by atoms with Crippen molar-refractivity contribution < 1.29 is 169 Å². The van der Waals surface area contributed by atoms with Gasteiger partial charge in [0.25, 0.3) is 0 Å². The highest BCUT2D eigenvalue weighted by Gasteiger charge is 2.45. The zero-order valence-electron chi connectivity index (χ0n) is 72.3. The predicted octanol–water partition coefficient (Wildman–Crippen LogP) is 11.0. The number of rotatable bonds is 72. The van der Waals surface area contributed by atoms with Gasteiger partial charge in [0.05, 0.1) is 122 Å². The topological polar surface area (TPSA) is 462 Å². The fourth-order valence-electron chi connectivity index (χ4n) is 13.0. The van der Waals surface area contributed by atoms with Gasteiger partial charge < -0.3 is 101 Å². The third-order valence-electron chi connectivity index (χ3n) is 21.1. The third-order valence-corrected chi connectivity index (χ3v) is 25.1. The standard InChI is InChI=1S/C77H147NO36P4/c1-57-59(3)70(50-101-66(10)81)112-74(63(57)7)98-37-20-14-17-23-40-104-115(84,85)107-44-28-34-95-53-77(56-111-118(90,91)110-43-27-33-94-49-69(47-79)48-93-32-26-31-92-13,54-96-35-29-45-108-116(86,87)105-41-24-18-15-21-38-99-75-64(8)58(2)60(4)71(113-75)51-102-67(11)82)55-97-36-30-46-109-117(88,89)106-42-25-19-16-22-39-100-76-73(78-65(9)80)62(6)61(5)72(114-76)52-103-68(12)83/h57-64,69-76,79H,14-56H2,1-13H3,(H,78,80)(H,84,85)(H,86,87)(H,88,89)(H,90,91)/t57-,58-,59+,60+,61+,62-,63?,64?,69?,70?,71?,72?,73?,74+,75+,76+,77?/m0/s1. The Morgan fingerprint density at radius 3 is 0.958 bits per heavy atom. The molecule has 0 aromatic rings. The molecule has 0 saturated carbocycles. The lowest BCUT2D eigenvalue weighted by atomic mass is 9.79. The number of unbranched alkanes of at least 4 members (excludes halogenated alkanes) is 9. The molecule has 0 aromatic carbocycles. The van der Waals surface area contributed by atoms with Crippen LogP contribution in [0.4, 0.5) is 0 Å². The van der Waals surface area contributed by atoms with E-state index in [2.05, 4.69) is 46.9 Å². The molecule has 3 fully saturated rings. The third kappa shape index (κ3) is 49.1. The van der Waals surface area contributed by atoms with Gasteiger partial charge in [0.2, 0.25) is 5.91 Å². The molecule has 0 spiro atoms. The van der Waals surface area contributed by atoms with E-state index in [-0.39, 0.29) is 248 Å². The van der Waals surface area contributed by atoms with E-state index in [0.29, 0.717) is 97.1 Å². The Kier molecular flexibility index (Phi) is 57.8. The molecule has 0 radical (unpaired) electrons. The summed E-state index contributed by atoms with van der Waals surface area (Å²) in [7, 11) is -16.8. The number of aliphatic hydroxyl groups excluding tert-OH is 1. The maximum Gasteiger partial charge on any atom is 0.472 e. The summed E-state index contributed by atoms with van der Waals surface area (Å²) in [5, 5.41) is 12.8. The predicted molar refractivity (Wildman–Crippen MR) is 429 cm³/mol. The minimum absolute atomic E-state index is 0.0456. The number of phosphoric acid groups is 4. The van der Waals surface area contributed by atoms with Crippen LogP contribution in [0.2, 0.25) is 0 Å². The second-order valence-electron chi connectivity index (χ2n) is 31.1. The number of carbonyl (C=O) groups excluding carboxylic acids is 4. The molecule has 3 heterocycles. The maximum absolute atomic E-state index is 13.6. The number of amides is 1. The number of hydrogen-bond donors (Lipinski definition) is 6. The summed E-state index contributed by atoms with van der Waals surface area (Å²) in [5.74, 6) is -0.734. The van der Waals surface area contributed by atoms with Crippen molar-refractivity contribution in [2.75, 3.05) is 179 Å². The van der Waals surface area contributed by atoms with E-state index in [1.165, 1.54) is 27.7 Å². The monoisotopic (exact) mass is 1790 g/mol. The van der Waals surface area contributed by atoms with Crippen molar-refractivity contribution in [2.45, 2.75) is 235 Å². The molecule has 3 aliphatic heterocycles. The van der Waals surface area contributed by atoms with Crippen LogP contribution in [-0.2, 0) is 145 Å². The fourth-order valence-corrected chi connectivity index (χ4v) is 16.3. The molecule has 3 aliphatic rings. The van der Waals surface area contributed by atoms with Crippen LogP contribution in [0.1, 0.15) is 192 Å². The first kappa shape index (κ1) is 110. The molecule has 0 bridgehead atoms. The van der Waals surface area contributed by atoms with Gasteiger partial charge in [-0.2, -0.15) is 0 Å². The molecule has 20 atom stereocenters. The molecule has 11 unspecified atom stereocenters. The molecule has 37 nitrogen and oxygen atoms in total. The summed E-state index contributed by atoms with van der Waals surface area (Å²) in [4.78, 5) is 89.3. The summed E-state index contributed by atoms with van der Waals surface area (Å²) in [5.41, 5.74) is -1.45. The zero-order chi connectivity index (χ0) is 87.4. The molecule has 1 amide bonds. The van der Waals surface area contributed by atoms with Crippen LogP contribution < -0.4 is 5.32 Å². The van der Waals surface area contributed by atoms with Gasteiger partial charge in [-0.05, 0) is 106 Å². The Balaban J connectivity index is 1.62. The number of carbonyl (C=O) groups is 4. The van der Waals surface area contributed by atoms with Crippen LogP contribution in [0.25, 0.3) is 0 Å². The molecule has 696 valence electrons.